The standard InChI is InChI=1S/C13H24N2O5/c1-8(7-14)5-10(16)15-9(12(18)19)6-11(17)20-13(2,3)4/h8-9H,5-7,14H2,1-4H3,(H,15,16)(H,18,19)/t8?,9-/m0/s1. The summed E-state index contributed by atoms with van der Waals surface area (Å²) in [7, 11) is 0. The van der Waals surface area contributed by atoms with Crippen LogP contribution in [0.25, 0.3) is 0 Å². The number of carbonyl (C=O) groups is 3. The Morgan fingerprint density at radius 1 is 1.25 bits per heavy atom. The van der Waals surface area contributed by atoms with Gasteiger partial charge in [-0.05, 0) is 33.2 Å². The number of hydrogen-bond donors (Lipinski definition) is 3. The number of esters is 1. The molecule has 7 heteroatoms. The Morgan fingerprint density at radius 2 is 1.80 bits per heavy atom. The highest BCUT2D eigenvalue weighted by atomic mass is 16.6. The number of nitrogens with one attached hydrogen (secondary N) is 1. The van der Waals surface area contributed by atoms with Crippen molar-refractivity contribution in [2.24, 2.45) is 11.7 Å². The zero-order chi connectivity index (χ0) is 15.9. The maximum atomic E-state index is 11.6. The van der Waals surface area contributed by atoms with Gasteiger partial charge in [-0.15, -0.1) is 0 Å². The first-order chi connectivity index (χ1) is 9.05. The molecule has 0 aromatic carbocycles. The Hall–Kier alpha value is -1.63. The molecule has 20 heavy (non-hydrogen) atoms. The molecular weight excluding hydrogens is 264 g/mol. The van der Waals surface area contributed by atoms with Crippen molar-refractivity contribution < 1.29 is 24.2 Å². The molecule has 7 nitrogen and oxygen atoms in total. The highest BCUT2D eigenvalue weighted by Crippen LogP contribution is 2.10. The molecule has 2 atom stereocenters. The Labute approximate surface area is 118 Å². The molecule has 0 aliphatic rings. The largest absolute Gasteiger partial charge is 0.480 e. The van der Waals surface area contributed by atoms with E-state index in [1.807, 2.05) is 0 Å². The normalized spacial score (nSPS) is 14.2. The van der Waals surface area contributed by atoms with Gasteiger partial charge in [0.1, 0.15) is 11.6 Å². The van der Waals surface area contributed by atoms with Gasteiger partial charge in [-0.1, -0.05) is 6.92 Å². The molecule has 1 amide bonds. The minimum Gasteiger partial charge on any atom is -0.480 e. The van der Waals surface area contributed by atoms with Gasteiger partial charge in [-0.2, -0.15) is 0 Å². The molecule has 0 saturated heterocycles. The fourth-order valence-corrected chi connectivity index (χ4v) is 1.40. The number of amides is 1. The second-order valence-corrected chi connectivity index (χ2v) is 5.79. The second-order valence-electron chi connectivity index (χ2n) is 5.79. The Kier molecular flexibility index (Phi) is 7.20. The van der Waals surface area contributed by atoms with Crippen LogP contribution in [0.4, 0.5) is 0 Å². The molecule has 0 rings (SSSR count). The van der Waals surface area contributed by atoms with Gasteiger partial charge in [0.25, 0.3) is 0 Å². The van der Waals surface area contributed by atoms with E-state index in [1.54, 1.807) is 27.7 Å². The van der Waals surface area contributed by atoms with E-state index in [0.29, 0.717) is 6.54 Å². The number of aliphatic carboxylic acids is 1. The number of carboxylic acid groups (broad SMARTS) is 1. The Bertz CT molecular complexity index is 362. The fourth-order valence-electron chi connectivity index (χ4n) is 1.40. The summed E-state index contributed by atoms with van der Waals surface area (Å²) in [4.78, 5) is 34.2. The van der Waals surface area contributed by atoms with Crippen LogP contribution in [0, 0.1) is 5.92 Å². The van der Waals surface area contributed by atoms with Gasteiger partial charge in [0.05, 0.1) is 6.42 Å². The van der Waals surface area contributed by atoms with Crippen LogP contribution < -0.4 is 11.1 Å². The highest BCUT2D eigenvalue weighted by molar-refractivity contribution is 5.87. The number of nitrogens with two attached hydrogens (primary N) is 1. The molecule has 0 bridgehead atoms. The van der Waals surface area contributed by atoms with Gasteiger partial charge in [0.15, 0.2) is 0 Å². The predicted molar refractivity (Wildman–Crippen MR) is 72.9 cm³/mol. The van der Waals surface area contributed by atoms with Gasteiger partial charge in [0.2, 0.25) is 5.91 Å². The van der Waals surface area contributed by atoms with Crippen molar-refractivity contribution in [3.05, 3.63) is 0 Å². The number of carboxylic acids is 1. The Balaban J connectivity index is 4.48. The van der Waals surface area contributed by atoms with Crippen LogP contribution in [0.3, 0.4) is 0 Å². The molecule has 0 aliphatic carbocycles. The topological polar surface area (TPSA) is 119 Å². The summed E-state index contributed by atoms with van der Waals surface area (Å²) in [5.74, 6) is -2.44. The molecule has 0 fully saturated rings. The first-order valence-electron chi connectivity index (χ1n) is 6.49. The van der Waals surface area contributed by atoms with Crippen LogP contribution in [-0.4, -0.2) is 41.1 Å². The SMILES string of the molecule is CC(CN)CC(=O)N[C@@H](CC(=O)OC(C)(C)C)C(=O)O. The molecule has 0 spiro atoms. The molecule has 0 aromatic heterocycles. The first kappa shape index (κ1) is 18.4. The Morgan fingerprint density at radius 3 is 2.20 bits per heavy atom. The van der Waals surface area contributed by atoms with Crippen LogP contribution >= 0.6 is 0 Å². The van der Waals surface area contributed by atoms with Crippen molar-refractivity contribution in [1.82, 2.24) is 5.32 Å². The van der Waals surface area contributed by atoms with Gasteiger partial charge >= 0.3 is 11.9 Å². The molecule has 0 heterocycles. The van der Waals surface area contributed by atoms with E-state index in [-0.39, 0.29) is 12.3 Å². The maximum Gasteiger partial charge on any atom is 0.326 e. The van der Waals surface area contributed by atoms with Crippen molar-refractivity contribution in [2.45, 2.75) is 52.2 Å². The maximum absolute atomic E-state index is 11.6. The van der Waals surface area contributed by atoms with E-state index >= 15 is 0 Å². The summed E-state index contributed by atoms with van der Waals surface area (Å²) in [5, 5.41) is 11.3. The van der Waals surface area contributed by atoms with Gasteiger partial charge in [0, 0.05) is 6.42 Å². The number of rotatable bonds is 7. The van der Waals surface area contributed by atoms with Gasteiger partial charge in [-0.3, -0.25) is 9.59 Å². The molecule has 0 aromatic rings. The molecule has 116 valence electrons. The monoisotopic (exact) mass is 288 g/mol. The minimum absolute atomic E-state index is 0.0500. The predicted octanol–water partition coefficient (Wildman–Crippen LogP) is 0.273. The van der Waals surface area contributed by atoms with Crippen molar-refractivity contribution in [3.8, 4) is 0 Å². The number of ether oxygens (including phenoxy) is 1. The quantitative estimate of drug-likeness (QED) is 0.579. The van der Waals surface area contributed by atoms with Crippen molar-refractivity contribution >= 4 is 17.8 Å². The zero-order valence-electron chi connectivity index (χ0n) is 12.4. The lowest BCUT2D eigenvalue weighted by molar-refractivity contribution is -0.158. The van der Waals surface area contributed by atoms with Crippen molar-refractivity contribution in [1.29, 1.82) is 0 Å². The van der Waals surface area contributed by atoms with E-state index in [4.69, 9.17) is 15.6 Å². The third-order valence-electron chi connectivity index (χ3n) is 2.36. The lowest BCUT2D eigenvalue weighted by Gasteiger charge is -2.21. The summed E-state index contributed by atoms with van der Waals surface area (Å²) in [6.45, 7) is 7.16. The number of hydrogen-bond acceptors (Lipinski definition) is 5. The van der Waals surface area contributed by atoms with Crippen LogP contribution in [0.15, 0.2) is 0 Å². The van der Waals surface area contributed by atoms with Crippen LogP contribution in [0.5, 0.6) is 0 Å². The summed E-state index contributed by atoms with van der Waals surface area (Å²) < 4.78 is 5.03. The van der Waals surface area contributed by atoms with Crippen LogP contribution in [-0.2, 0) is 19.1 Å². The molecule has 0 aliphatic heterocycles. The molecule has 0 radical (unpaired) electrons. The summed E-state index contributed by atoms with van der Waals surface area (Å²) in [5.41, 5.74) is 4.69. The average Bonchev–Trinajstić information content (AvgIpc) is 2.24. The average molecular weight is 288 g/mol. The van der Waals surface area contributed by atoms with Crippen molar-refractivity contribution in [2.75, 3.05) is 6.54 Å². The van der Waals surface area contributed by atoms with E-state index < -0.39 is 35.9 Å². The fraction of sp³-hybridized carbons (Fsp3) is 0.769. The summed E-state index contributed by atoms with van der Waals surface area (Å²) in [6.07, 6.45) is -0.288. The minimum atomic E-state index is -1.29. The number of carbonyl (C=O) groups excluding carboxylic acids is 2. The van der Waals surface area contributed by atoms with Crippen molar-refractivity contribution in [3.63, 3.8) is 0 Å². The summed E-state index contributed by atoms with van der Waals surface area (Å²) >= 11 is 0. The van der Waals surface area contributed by atoms with E-state index in [1.165, 1.54) is 0 Å². The molecular formula is C13H24N2O5. The van der Waals surface area contributed by atoms with Gasteiger partial charge < -0.3 is 20.9 Å². The second kappa shape index (κ2) is 7.84. The van der Waals surface area contributed by atoms with Gasteiger partial charge in [-0.25, -0.2) is 4.79 Å². The van der Waals surface area contributed by atoms with E-state index in [9.17, 15) is 14.4 Å². The summed E-state index contributed by atoms with van der Waals surface area (Å²) in [6, 6.07) is -1.29. The van der Waals surface area contributed by atoms with E-state index in [0.717, 1.165) is 0 Å². The van der Waals surface area contributed by atoms with Crippen LogP contribution in [0.1, 0.15) is 40.5 Å². The molecule has 1 unspecified atom stereocenters. The van der Waals surface area contributed by atoms with Crippen LogP contribution in [0.2, 0.25) is 0 Å². The molecule has 4 N–H and O–H groups in total. The lowest BCUT2D eigenvalue weighted by Crippen LogP contribution is -2.43. The smallest absolute Gasteiger partial charge is 0.326 e. The zero-order valence-corrected chi connectivity index (χ0v) is 12.4. The molecule has 0 saturated carbocycles. The lowest BCUT2D eigenvalue weighted by atomic mass is 10.1. The third kappa shape index (κ3) is 8.47. The highest BCUT2D eigenvalue weighted by Gasteiger charge is 2.26. The third-order valence-corrected chi connectivity index (χ3v) is 2.36. The first-order valence-corrected chi connectivity index (χ1v) is 6.49. The van der Waals surface area contributed by atoms with E-state index in [2.05, 4.69) is 5.32 Å².